The predicted molar refractivity (Wildman–Crippen MR) is 144 cm³/mol. The maximum Gasteiger partial charge on any atom is 0.255 e. The summed E-state index contributed by atoms with van der Waals surface area (Å²) < 4.78 is 0. The van der Waals surface area contributed by atoms with Crippen LogP contribution in [-0.2, 0) is 4.79 Å². The van der Waals surface area contributed by atoms with Crippen LogP contribution in [0.5, 0.6) is 0 Å². The number of hydrogen-bond acceptors (Lipinski definition) is 4. The van der Waals surface area contributed by atoms with E-state index in [2.05, 4.69) is 43.2 Å². The molecule has 3 amide bonds. The van der Waals surface area contributed by atoms with Crippen LogP contribution in [0.15, 0.2) is 42.5 Å². The fraction of sp³-hybridized carbons (Fsp3) is 0.483. The number of anilines is 2. The third-order valence-corrected chi connectivity index (χ3v) is 7.29. The SMILES string of the molecule is CC(C)c1ccc(NC(=O)c2cccc(N3CCCC3=O)c2)c(C(=O)NC2CCN(C(C)C)CC2)c1. The van der Waals surface area contributed by atoms with E-state index < -0.39 is 0 Å². The van der Waals surface area contributed by atoms with Crippen molar-refractivity contribution in [3.05, 3.63) is 59.2 Å². The summed E-state index contributed by atoms with van der Waals surface area (Å²) in [6, 6.07) is 13.4. The van der Waals surface area contributed by atoms with Gasteiger partial charge in [-0.2, -0.15) is 0 Å². The van der Waals surface area contributed by atoms with Gasteiger partial charge in [-0.15, -0.1) is 0 Å². The summed E-state index contributed by atoms with van der Waals surface area (Å²) in [4.78, 5) is 42.9. The molecule has 7 heteroatoms. The molecule has 2 aromatic carbocycles. The minimum Gasteiger partial charge on any atom is -0.349 e. The van der Waals surface area contributed by atoms with Gasteiger partial charge in [-0.25, -0.2) is 0 Å². The van der Waals surface area contributed by atoms with Crippen molar-refractivity contribution >= 4 is 29.1 Å². The zero-order valence-electron chi connectivity index (χ0n) is 21.8. The molecule has 4 rings (SSSR count). The zero-order chi connectivity index (χ0) is 25.8. The third kappa shape index (κ3) is 5.95. The molecule has 2 heterocycles. The Morgan fingerprint density at radius 1 is 0.944 bits per heavy atom. The fourth-order valence-electron chi connectivity index (χ4n) is 4.97. The summed E-state index contributed by atoms with van der Waals surface area (Å²) in [5.74, 6) is -0.132. The van der Waals surface area contributed by atoms with E-state index in [0.717, 1.165) is 43.6 Å². The number of amides is 3. The van der Waals surface area contributed by atoms with Crippen LogP contribution in [0.3, 0.4) is 0 Å². The van der Waals surface area contributed by atoms with Gasteiger partial charge in [0.05, 0.1) is 11.3 Å². The molecule has 7 nitrogen and oxygen atoms in total. The smallest absolute Gasteiger partial charge is 0.255 e. The number of nitrogens with one attached hydrogen (secondary N) is 2. The molecule has 0 atom stereocenters. The lowest BCUT2D eigenvalue weighted by atomic mass is 9.98. The van der Waals surface area contributed by atoms with Crippen LogP contribution in [0.25, 0.3) is 0 Å². The second-order valence-corrected chi connectivity index (χ2v) is 10.5. The van der Waals surface area contributed by atoms with Gasteiger partial charge in [-0.1, -0.05) is 26.0 Å². The molecular formula is C29H38N4O3. The van der Waals surface area contributed by atoms with Gasteiger partial charge in [0.15, 0.2) is 0 Å². The fourth-order valence-corrected chi connectivity index (χ4v) is 4.97. The first-order chi connectivity index (χ1) is 17.2. The molecule has 2 aromatic rings. The van der Waals surface area contributed by atoms with Gasteiger partial charge in [-0.05, 0) is 74.9 Å². The van der Waals surface area contributed by atoms with Crippen molar-refractivity contribution in [2.75, 3.05) is 29.9 Å². The highest BCUT2D eigenvalue weighted by Gasteiger charge is 2.25. The molecule has 0 bridgehead atoms. The lowest BCUT2D eigenvalue weighted by Gasteiger charge is -2.35. The van der Waals surface area contributed by atoms with Gasteiger partial charge >= 0.3 is 0 Å². The molecule has 0 unspecified atom stereocenters. The number of carbonyl (C=O) groups is 3. The molecule has 0 aromatic heterocycles. The first-order valence-corrected chi connectivity index (χ1v) is 13.1. The number of benzene rings is 2. The van der Waals surface area contributed by atoms with Crippen molar-refractivity contribution in [2.24, 2.45) is 0 Å². The summed E-state index contributed by atoms with van der Waals surface area (Å²) >= 11 is 0. The van der Waals surface area contributed by atoms with Crippen LogP contribution in [0.1, 0.15) is 85.6 Å². The van der Waals surface area contributed by atoms with Crippen LogP contribution in [0, 0.1) is 0 Å². The second-order valence-electron chi connectivity index (χ2n) is 10.5. The molecular weight excluding hydrogens is 452 g/mol. The molecule has 192 valence electrons. The summed E-state index contributed by atoms with van der Waals surface area (Å²) in [6.45, 7) is 11.2. The Morgan fingerprint density at radius 2 is 1.69 bits per heavy atom. The Bertz CT molecular complexity index is 1120. The highest BCUT2D eigenvalue weighted by Crippen LogP contribution is 2.26. The van der Waals surface area contributed by atoms with Gasteiger partial charge in [0.1, 0.15) is 0 Å². The van der Waals surface area contributed by atoms with Crippen LogP contribution in [-0.4, -0.2) is 54.3 Å². The minimum absolute atomic E-state index is 0.0787. The van der Waals surface area contributed by atoms with Crippen molar-refractivity contribution in [1.29, 1.82) is 0 Å². The van der Waals surface area contributed by atoms with E-state index in [1.807, 2.05) is 24.3 Å². The van der Waals surface area contributed by atoms with E-state index >= 15 is 0 Å². The molecule has 2 fully saturated rings. The van der Waals surface area contributed by atoms with Crippen molar-refractivity contribution in [3.63, 3.8) is 0 Å². The van der Waals surface area contributed by atoms with E-state index in [4.69, 9.17) is 0 Å². The van der Waals surface area contributed by atoms with E-state index in [-0.39, 0.29) is 29.7 Å². The lowest BCUT2D eigenvalue weighted by molar-refractivity contribution is -0.117. The van der Waals surface area contributed by atoms with Crippen molar-refractivity contribution in [3.8, 4) is 0 Å². The maximum absolute atomic E-state index is 13.4. The molecule has 0 spiro atoms. The molecule has 0 radical (unpaired) electrons. The molecule has 2 saturated heterocycles. The lowest BCUT2D eigenvalue weighted by Crippen LogP contribution is -2.46. The van der Waals surface area contributed by atoms with Crippen LogP contribution in [0.2, 0.25) is 0 Å². The van der Waals surface area contributed by atoms with Crippen LogP contribution < -0.4 is 15.5 Å². The largest absolute Gasteiger partial charge is 0.349 e. The normalized spacial score (nSPS) is 17.2. The Morgan fingerprint density at radius 3 is 2.33 bits per heavy atom. The van der Waals surface area contributed by atoms with E-state index in [1.165, 1.54) is 0 Å². The molecule has 0 aliphatic carbocycles. The van der Waals surface area contributed by atoms with Gasteiger partial charge in [0, 0.05) is 49.4 Å². The topological polar surface area (TPSA) is 81.8 Å². The highest BCUT2D eigenvalue weighted by atomic mass is 16.2. The number of nitrogens with zero attached hydrogens (tertiary/aromatic N) is 2. The standard InChI is InChI=1S/C29H38N4O3/c1-19(2)21-10-11-26(25(18-21)29(36)30-23-12-15-32(16-13-23)20(3)4)31-28(35)22-7-5-8-24(17-22)33-14-6-9-27(33)34/h5,7-8,10-11,17-20,23H,6,9,12-16H2,1-4H3,(H,30,36)(H,31,35). The van der Waals surface area contributed by atoms with Crippen molar-refractivity contribution in [1.82, 2.24) is 10.2 Å². The predicted octanol–water partition coefficient (Wildman–Crippen LogP) is 4.79. The number of likely N-dealkylation sites (tertiary alicyclic amines) is 1. The molecule has 0 saturated carbocycles. The summed E-state index contributed by atoms with van der Waals surface area (Å²) in [5, 5.41) is 6.15. The number of rotatable bonds is 7. The molecule has 2 aliphatic rings. The monoisotopic (exact) mass is 490 g/mol. The Labute approximate surface area is 214 Å². The Balaban J connectivity index is 1.51. The van der Waals surface area contributed by atoms with Gasteiger partial charge in [-0.3, -0.25) is 14.4 Å². The molecule has 2 aliphatic heterocycles. The van der Waals surface area contributed by atoms with E-state index in [1.54, 1.807) is 23.1 Å². The summed E-state index contributed by atoms with van der Waals surface area (Å²) in [7, 11) is 0. The minimum atomic E-state index is -0.305. The second kappa shape index (κ2) is 11.2. The number of hydrogen-bond donors (Lipinski definition) is 2. The van der Waals surface area contributed by atoms with Crippen LogP contribution >= 0.6 is 0 Å². The van der Waals surface area contributed by atoms with Gasteiger partial charge in [0.25, 0.3) is 11.8 Å². The number of carbonyl (C=O) groups excluding carboxylic acids is 3. The Hall–Kier alpha value is -3.19. The quantitative estimate of drug-likeness (QED) is 0.585. The van der Waals surface area contributed by atoms with Crippen LogP contribution in [0.4, 0.5) is 11.4 Å². The first kappa shape index (κ1) is 25.9. The van der Waals surface area contributed by atoms with E-state index in [0.29, 0.717) is 35.8 Å². The third-order valence-electron chi connectivity index (χ3n) is 7.29. The van der Waals surface area contributed by atoms with Gasteiger partial charge in [0.2, 0.25) is 5.91 Å². The molecule has 36 heavy (non-hydrogen) atoms. The molecule has 2 N–H and O–H groups in total. The summed E-state index contributed by atoms with van der Waals surface area (Å²) in [5.41, 5.74) is 3.19. The Kier molecular flexibility index (Phi) is 8.09. The van der Waals surface area contributed by atoms with E-state index in [9.17, 15) is 14.4 Å². The highest BCUT2D eigenvalue weighted by molar-refractivity contribution is 6.10. The first-order valence-electron chi connectivity index (χ1n) is 13.1. The van der Waals surface area contributed by atoms with Crippen molar-refractivity contribution in [2.45, 2.75) is 71.4 Å². The zero-order valence-corrected chi connectivity index (χ0v) is 21.8. The summed E-state index contributed by atoms with van der Waals surface area (Å²) in [6.07, 6.45) is 3.19. The van der Waals surface area contributed by atoms with Crippen molar-refractivity contribution < 1.29 is 14.4 Å². The van der Waals surface area contributed by atoms with Gasteiger partial charge < -0.3 is 20.4 Å². The average molecular weight is 491 g/mol. The average Bonchev–Trinajstić information content (AvgIpc) is 3.30. The maximum atomic E-state index is 13.4. The number of piperidine rings is 1.